The second-order valence-corrected chi connectivity index (χ2v) is 6.21. The number of benzene rings is 1. The molecule has 1 aromatic rings. The SMILES string of the molecule is C=CCN(CCO)S(=O)(=O)c1cccc(C(F)(F)F)c1C. The maximum Gasteiger partial charge on any atom is 0.416 e. The van der Waals surface area contributed by atoms with Crippen LogP contribution in [0.1, 0.15) is 11.1 Å². The smallest absolute Gasteiger partial charge is 0.395 e. The molecule has 0 bridgehead atoms. The van der Waals surface area contributed by atoms with Crippen LogP contribution in [0.3, 0.4) is 0 Å². The molecule has 4 nitrogen and oxygen atoms in total. The number of halogens is 3. The van der Waals surface area contributed by atoms with E-state index < -0.39 is 33.3 Å². The topological polar surface area (TPSA) is 57.6 Å². The predicted octanol–water partition coefficient (Wildman–Crippen LogP) is 2.18. The monoisotopic (exact) mass is 323 g/mol. The molecule has 0 unspecified atom stereocenters. The van der Waals surface area contributed by atoms with Crippen molar-refractivity contribution >= 4 is 10.0 Å². The number of aliphatic hydroxyl groups excluding tert-OH is 1. The Bertz CT molecular complexity index is 612. The van der Waals surface area contributed by atoms with Gasteiger partial charge in [-0.1, -0.05) is 12.1 Å². The fourth-order valence-electron chi connectivity index (χ4n) is 1.91. The van der Waals surface area contributed by atoms with Gasteiger partial charge >= 0.3 is 6.18 Å². The molecule has 1 N–H and O–H groups in total. The summed E-state index contributed by atoms with van der Waals surface area (Å²) in [6.07, 6.45) is -3.33. The zero-order valence-corrected chi connectivity index (χ0v) is 12.2. The predicted molar refractivity (Wildman–Crippen MR) is 72.2 cm³/mol. The molecule has 0 aliphatic carbocycles. The van der Waals surface area contributed by atoms with E-state index in [-0.39, 0.29) is 18.7 Å². The first-order valence-electron chi connectivity index (χ1n) is 6.05. The van der Waals surface area contributed by atoms with Gasteiger partial charge in [0.2, 0.25) is 10.0 Å². The van der Waals surface area contributed by atoms with Crippen molar-refractivity contribution in [2.45, 2.75) is 18.0 Å². The molecule has 118 valence electrons. The molecule has 0 spiro atoms. The second-order valence-electron chi connectivity index (χ2n) is 4.30. The molecule has 0 fully saturated rings. The molecule has 0 aliphatic rings. The molecule has 0 amide bonds. The third-order valence-corrected chi connectivity index (χ3v) is 4.90. The molecule has 0 radical (unpaired) electrons. The maximum atomic E-state index is 12.8. The molecule has 0 saturated carbocycles. The Kier molecular flexibility index (Phi) is 5.54. The Morgan fingerprint density at radius 2 is 2.00 bits per heavy atom. The number of sulfonamides is 1. The molecule has 8 heteroatoms. The van der Waals surface area contributed by atoms with E-state index in [0.717, 1.165) is 29.4 Å². The minimum Gasteiger partial charge on any atom is -0.395 e. The maximum absolute atomic E-state index is 12.8. The highest BCUT2D eigenvalue weighted by Crippen LogP contribution is 2.34. The van der Waals surface area contributed by atoms with Gasteiger partial charge in [0.15, 0.2) is 0 Å². The molecule has 1 aromatic carbocycles. The van der Waals surface area contributed by atoms with E-state index in [2.05, 4.69) is 6.58 Å². The van der Waals surface area contributed by atoms with Crippen molar-refractivity contribution in [2.24, 2.45) is 0 Å². The fraction of sp³-hybridized carbons (Fsp3) is 0.385. The highest BCUT2D eigenvalue weighted by Gasteiger charge is 2.35. The Hall–Kier alpha value is -1.38. The van der Waals surface area contributed by atoms with Crippen molar-refractivity contribution in [1.29, 1.82) is 0 Å². The first-order chi connectivity index (χ1) is 9.66. The van der Waals surface area contributed by atoms with E-state index in [4.69, 9.17) is 5.11 Å². The van der Waals surface area contributed by atoms with Gasteiger partial charge in [0.1, 0.15) is 0 Å². The number of hydrogen-bond donors (Lipinski definition) is 1. The number of nitrogens with zero attached hydrogens (tertiary/aromatic N) is 1. The van der Waals surface area contributed by atoms with Gasteiger partial charge in [0.05, 0.1) is 17.1 Å². The Labute approximate surface area is 121 Å². The lowest BCUT2D eigenvalue weighted by Crippen LogP contribution is -2.34. The first-order valence-corrected chi connectivity index (χ1v) is 7.49. The summed E-state index contributed by atoms with van der Waals surface area (Å²) in [5.41, 5.74) is -1.36. The van der Waals surface area contributed by atoms with Crippen molar-refractivity contribution in [3.8, 4) is 0 Å². The molecule has 0 saturated heterocycles. The molecule has 1 rings (SSSR count). The van der Waals surface area contributed by atoms with Crippen LogP contribution in [0.5, 0.6) is 0 Å². The van der Waals surface area contributed by atoms with Gasteiger partial charge in [-0.3, -0.25) is 0 Å². The number of aliphatic hydroxyl groups is 1. The minimum absolute atomic E-state index is 0.0986. The van der Waals surface area contributed by atoms with Gasteiger partial charge in [-0.25, -0.2) is 8.42 Å². The van der Waals surface area contributed by atoms with Gasteiger partial charge < -0.3 is 5.11 Å². The lowest BCUT2D eigenvalue weighted by atomic mass is 10.1. The normalized spacial score (nSPS) is 12.7. The lowest BCUT2D eigenvalue weighted by molar-refractivity contribution is -0.138. The fourth-order valence-corrected chi connectivity index (χ4v) is 3.55. The Morgan fingerprint density at radius 3 is 2.48 bits per heavy atom. The summed E-state index contributed by atoms with van der Waals surface area (Å²) < 4.78 is 64.2. The van der Waals surface area contributed by atoms with E-state index >= 15 is 0 Å². The number of alkyl halides is 3. The van der Waals surface area contributed by atoms with Crippen LogP contribution in [0, 0.1) is 6.92 Å². The Balaban J connectivity index is 3.41. The van der Waals surface area contributed by atoms with Crippen molar-refractivity contribution in [3.63, 3.8) is 0 Å². The zero-order chi connectivity index (χ0) is 16.3. The molecular weight excluding hydrogens is 307 g/mol. The number of hydrogen-bond acceptors (Lipinski definition) is 3. The van der Waals surface area contributed by atoms with Crippen molar-refractivity contribution in [1.82, 2.24) is 4.31 Å². The average molecular weight is 323 g/mol. The summed E-state index contributed by atoms with van der Waals surface area (Å²) in [5, 5.41) is 8.91. The van der Waals surface area contributed by atoms with Crippen LogP contribution < -0.4 is 0 Å². The molecule has 0 aromatic heterocycles. The number of rotatable bonds is 6. The van der Waals surface area contributed by atoms with Gasteiger partial charge in [-0.2, -0.15) is 17.5 Å². The van der Waals surface area contributed by atoms with Crippen LogP contribution in [-0.2, 0) is 16.2 Å². The van der Waals surface area contributed by atoms with Crippen LogP contribution in [0.25, 0.3) is 0 Å². The van der Waals surface area contributed by atoms with E-state index in [0.29, 0.717) is 0 Å². The molecule has 0 heterocycles. The minimum atomic E-state index is -4.63. The Morgan fingerprint density at radius 1 is 1.38 bits per heavy atom. The van der Waals surface area contributed by atoms with Crippen molar-refractivity contribution < 1.29 is 26.7 Å². The van der Waals surface area contributed by atoms with Crippen LogP contribution in [0.2, 0.25) is 0 Å². The lowest BCUT2D eigenvalue weighted by Gasteiger charge is -2.22. The zero-order valence-electron chi connectivity index (χ0n) is 11.4. The van der Waals surface area contributed by atoms with Crippen LogP contribution in [0.4, 0.5) is 13.2 Å². The van der Waals surface area contributed by atoms with Gasteiger partial charge in [0, 0.05) is 13.1 Å². The summed E-state index contributed by atoms with van der Waals surface area (Å²) in [6, 6.07) is 3.00. The molecule has 0 aliphatic heterocycles. The van der Waals surface area contributed by atoms with Crippen molar-refractivity contribution in [3.05, 3.63) is 42.0 Å². The average Bonchev–Trinajstić information content (AvgIpc) is 2.37. The third kappa shape index (κ3) is 3.84. The molecule has 0 atom stereocenters. The summed E-state index contributed by atoms with van der Waals surface area (Å²) in [6.45, 7) is 3.76. The van der Waals surface area contributed by atoms with E-state index in [1.807, 2.05) is 0 Å². The standard InChI is InChI=1S/C13H16F3NO3S/c1-3-7-17(8-9-18)21(19,20)12-6-4-5-11(10(12)2)13(14,15)16/h3-6,18H,1,7-9H2,2H3. The summed E-state index contributed by atoms with van der Waals surface area (Å²) in [7, 11) is -4.14. The first kappa shape index (κ1) is 17.7. The van der Waals surface area contributed by atoms with Crippen molar-refractivity contribution in [2.75, 3.05) is 19.7 Å². The van der Waals surface area contributed by atoms with Gasteiger partial charge in [0.25, 0.3) is 0 Å². The van der Waals surface area contributed by atoms with Crippen LogP contribution in [-0.4, -0.2) is 37.5 Å². The third-order valence-electron chi connectivity index (χ3n) is 2.89. The van der Waals surface area contributed by atoms with Crippen LogP contribution in [0.15, 0.2) is 35.7 Å². The quantitative estimate of drug-likeness (QED) is 0.817. The van der Waals surface area contributed by atoms with Crippen LogP contribution >= 0.6 is 0 Å². The summed E-state index contributed by atoms with van der Waals surface area (Å²) in [5.74, 6) is 0. The van der Waals surface area contributed by atoms with Gasteiger partial charge in [-0.05, 0) is 24.6 Å². The van der Waals surface area contributed by atoms with E-state index in [1.165, 1.54) is 6.08 Å². The largest absolute Gasteiger partial charge is 0.416 e. The van der Waals surface area contributed by atoms with Gasteiger partial charge in [-0.15, -0.1) is 6.58 Å². The van der Waals surface area contributed by atoms with E-state index in [1.54, 1.807) is 0 Å². The molecular formula is C13H16F3NO3S. The molecule has 21 heavy (non-hydrogen) atoms. The second kappa shape index (κ2) is 6.59. The van der Waals surface area contributed by atoms with E-state index in [9.17, 15) is 21.6 Å². The highest BCUT2D eigenvalue weighted by molar-refractivity contribution is 7.89. The summed E-state index contributed by atoms with van der Waals surface area (Å²) in [4.78, 5) is -0.423. The summed E-state index contributed by atoms with van der Waals surface area (Å²) >= 11 is 0. The highest BCUT2D eigenvalue weighted by atomic mass is 32.2.